The first-order valence-corrected chi connectivity index (χ1v) is 5.45. The molecule has 1 aromatic rings. The third kappa shape index (κ3) is 3.79. The molecule has 0 aliphatic heterocycles. The Hall–Kier alpha value is -1.13. The molecule has 90 valence electrons. The molecule has 1 aromatic heterocycles. The molecule has 0 saturated heterocycles. The number of carbonyl (C=O) groups excluding carboxylic acids is 1. The molecule has 0 aliphatic rings. The smallest absolute Gasteiger partial charge is 0.211 e. The van der Waals surface area contributed by atoms with Crippen molar-refractivity contribution < 1.29 is 13.9 Å². The second-order valence-electron chi connectivity index (χ2n) is 3.96. The van der Waals surface area contributed by atoms with Gasteiger partial charge in [-0.3, -0.25) is 9.69 Å². The zero-order chi connectivity index (χ0) is 12.0. The van der Waals surface area contributed by atoms with Crippen molar-refractivity contribution >= 4 is 5.78 Å². The molecule has 0 aliphatic carbocycles. The molecule has 0 unspecified atom stereocenters. The van der Waals surface area contributed by atoms with Crippen molar-refractivity contribution in [1.29, 1.82) is 0 Å². The number of methoxy groups -OCH3 is 1. The maximum Gasteiger partial charge on any atom is 0.211 e. The highest BCUT2D eigenvalue weighted by molar-refractivity contribution is 5.95. The lowest BCUT2D eigenvalue weighted by Crippen LogP contribution is -2.37. The number of rotatable bonds is 7. The summed E-state index contributed by atoms with van der Waals surface area (Å²) in [5.41, 5.74) is 0. The maximum absolute atomic E-state index is 11.8. The van der Waals surface area contributed by atoms with Gasteiger partial charge in [-0.05, 0) is 26.0 Å². The SMILES string of the molecule is COCCN(CC(=O)c1ccco1)C(C)C. The van der Waals surface area contributed by atoms with E-state index in [1.807, 2.05) is 0 Å². The van der Waals surface area contributed by atoms with E-state index in [0.717, 1.165) is 6.54 Å². The van der Waals surface area contributed by atoms with Crippen LogP contribution in [-0.2, 0) is 4.74 Å². The van der Waals surface area contributed by atoms with Crippen LogP contribution in [0.4, 0.5) is 0 Å². The number of Topliss-reactive ketones (excluding diaryl/α,β-unsaturated/α-hetero) is 1. The lowest BCUT2D eigenvalue weighted by molar-refractivity contribution is 0.0827. The topological polar surface area (TPSA) is 42.7 Å². The summed E-state index contributed by atoms with van der Waals surface area (Å²) in [5, 5.41) is 0. The van der Waals surface area contributed by atoms with E-state index in [0.29, 0.717) is 25.0 Å². The van der Waals surface area contributed by atoms with Gasteiger partial charge in [0.15, 0.2) is 5.76 Å². The number of furan rings is 1. The van der Waals surface area contributed by atoms with Gasteiger partial charge < -0.3 is 9.15 Å². The molecule has 0 fully saturated rings. The minimum Gasteiger partial charge on any atom is -0.461 e. The van der Waals surface area contributed by atoms with E-state index >= 15 is 0 Å². The lowest BCUT2D eigenvalue weighted by atomic mass is 10.2. The van der Waals surface area contributed by atoms with E-state index in [4.69, 9.17) is 9.15 Å². The molecule has 1 heterocycles. The average Bonchev–Trinajstić information content (AvgIpc) is 2.76. The number of nitrogens with zero attached hydrogens (tertiary/aromatic N) is 1. The van der Waals surface area contributed by atoms with Crippen LogP contribution >= 0.6 is 0 Å². The Labute approximate surface area is 96.2 Å². The second-order valence-corrected chi connectivity index (χ2v) is 3.96. The Morgan fingerprint density at radius 2 is 2.31 bits per heavy atom. The molecule has 4 nitrogen and oxygen atoms in total. The third-order valence-electron chi connectivity index (χ3n) is 2.46. The third-order valence-corrected chi connectivity index (χ3v) is 2.46. The first-order chi connectivity index (χ1) is 7.65. The number of hydrogen-bond acceptors (Lipinski definition) is 4. The van der Waals surface area contributed by atoms with Crippen LogP contribution in [0.5, 0.6) is 0 Å². The first kappa shape index (κ1) is 12.9. The Morgan fingerprint density at radius 3 is 2.81 bits per heavy atom. The van der Waals surface area contributed by atoms with Gasteiger partial charge in [0.25, 0.3) is 0 Å². The number of ketones is 1. The molecular weight excluding hydrogens is 206 g/mol. The predicted molar refractivity (Wildman–Crippen MR) is 61.6 cm³/mol. The van der Waals surface area contributed by atoms with Gasteiger partial charge in [0, 0.05) is 19.7 Å². The Balaban J connectivity index is 2.51. The summed E-state index contributed by atoms with van der Waals surface area (Å²) in [6.45, 7) is 5.87. The minimum absolute atomic E-state index is 0.00908. The summed E-state index contributed by atoms with van der Waals surface area (Å²) in [4.78, 5) is 13.9. The Morgan fingerprint density at radius 1 is 1.56 bits per heavy atom. The van der Waals surface area contributed by atoms with Crippen molar-refractivity contribution in [2.24, 2.45) is 0 Å². The van der Waals surface area contributed by atoms with Crippen LogP contribution in [0.3, 0.4) is 0 Å². The van der Waals surface area contributed by atoms with Gasteiger partial charge in [-0.2, -0.15) is 0 Å². The minimum atomic E-state index is 0.00908. The van der Waals surface area contributed by atoms with Gasteiger partial charge in [-0.1, -0.05) is 0 Å². The van der Waals surface area contributed by atoms with Crippen molar-refractivity contribution in [1.82, 2.24) is 4.90 Å². The summed E-state index contributed by atoms with van der Waals surface area (Å²) < 4.78 is 10.1. The van der Waals surface area contributed by atoms with Crippen LogP contribution in [0.15, 0.2) is 22.8 Å². The van der Waals surface area contributed by atoms with Crippen LogP contribution in [0, 0.1) is 0 Å². The van der Waals surface area contributed by atoms with E-state index in [-0.39, 0.29) is 5.78 Å². The van der Waals surface area contributed by atoms with Crippen LogP contribution < -0.4 is 0 Å². The van der Waals surface area contributed by atoms with Gasteiger partial charge in [-0.15, -0.1) is 0 Å². The van der Waals surface area contributed by atoms with Crippen molar-refractivity contribution in [3.63, 3.8) is 0 Å². The Kier molecular flexibility index (Phi) is 5.22. The molecule has 0 radical (unpaired) electrons. The number of hydrogen-bond donors (Lipinski definition) is 0. The molecule has 4 heteroatoms. The molecule has 0 N–H and O–H groups in total. The summed E-state index contributed by atoms with van der Waals surface area (Å²) in [6, 6.07) is 3.73. The summed E-state index contributed by atoms with van der Waals surface area (Å²) in [6.07, 6.45) is 1.52. The molecule has 16 heavy (non-hydrogen) atoms. The average molecular weight is 225 g/mol. The molecule has 0 spiro atoms. The van der Waals surface area contributed by atoms with Crippen molar-refractivity contribution in [3.05, 3.63) is 24.2 Å². The fourth-order valence-corrected chi connectivity index (χ4v) is 1.43. The van der Waals surface area contributed by atoms with E-state index in [1.165, 1.54) is 6.26 Å². The van der Waals surface area contributed by atoms with Gasteiger partial charge in [-0.25, -0.2) is 0 Å². The lowest BCUT2D eigenvalue weighted by Gasteiger charge is -2.24. The van der Waals surface area contributed by atoms with Gasteiger partial charge >= 0.3 is 0 Å². The predicted octanol–water partition coefficient (Wildman–Crippen LogP) is 1.82. The molecule has 0 amide bonds. The summed E-state index contributed by atoms with van der Waals surface area (Å²) in [7, 11) is 1.66. The zero-order valence-corrected chi connectivity index (χ0v) is 10.1. The quantitative estimate of drug-likeness (QED) is 0.664. The number of ether oxygens (including phenoxy) is 1. The standard InChI is InChI=1S/C12H19NO3/c1-10(2)13(6-8-15-3)9-11(14)12-5-4-7-16-12/h4-5,7,10H,6,8-9H2,1-3H3. The molecule has 0 atom stereocenters. The van der Waals surface area contributed by atoms with Crippen molar-refractivity contribution in [2.45, 2.75) is 19.9 Å². The largest absolute Gasteiger partial charge is 0.461 e. The van der Waals surface area contributed by atoms with Gasteiger partial charge in [0.05, 0.1) is 19.4 Å². The fraction of sp³-hybridized carbons (Fsp3) is 0.583. The van der Waals surface area contributed by atoms with Gasteiger partial charge in [0.1, 0.15) is 0 Å². The van der Waals surface area contributed by atoms with Crippen LogP contribution in [-0.4, -0.2) is 43.5 Å². The fourth-order valence-electron chi connectivity index (χ4n) is 1.43. The monoisotopic (exact) mass is 225 g/mol. The van der Waals surface area contributed by atoms with E-state index < -0.39 is 0 Å². The van der Waals surface area contributed by atoms with Crippen LogP contribution in [0.25, 0.3) is 0 Å². The second kappa shape index (κ2) is 6.45. The highest BCUT2D eigenvalue weighted by Crippen LogP contribution is 2.05. The highest BCUT2D eigenvalue weighted by atomic mass is 16.5. The molecular formula is C12H19NO3. The highest BCUT2D eigenvalue weighted by Gasteiger charge is 2.16. The van der Waals surface area contributed by atoms with Crippen molar-refractivity contribution in [2.75, 3.05) is 26.8 Å². The van der Waals surface area contributed by atoms with Crippen LogP contribution in [0.2, 0.25) is 0 Å². The first-order valence-electron chi connectivity index (χ1n) is 5.45. The normalized spacial score (nSPS) is 11.3. The summed E-state index contributed by atoms with van der Waals surface area (Å²) >= 11 is 0. The maximum atomic E-state index is 11.8. The van der Waals surface area contributed by atoms with E-state index in [1.54, 1.807) is 19.2 Å². The Bertz CT molecular complexity index is 306. The molecule has 0 bridgehead atoms. The molecule has 1 rings (SSSR count). The molecule has 0 aromatic carbocycles. The van der Waals surface area contributed by atoms with Crippen molar-refractivity contribution in [3.8, 4) is 0 Å². The van der Waals surface area contributed by atoms with E-state index in [2.05, 4.69) is 18.7 Å². The number of carbonyl (C=O) groups is 1. The van der Waals surface area contributed by atoms with E-state index in [9.17, 15) is 4.79 Å². The summed E-state index contributed by atoms with van der Waals surface area (Å²) in [5.74, 6) is 0.429. The van der Waals surface area contributed by atoms with Crippen LogP contribution in [0.1, 0.15) is 24.4 Å². The molecule has 0 saturated carbocycles. The zero-order valence-electron chi connectivity index (χ0n) is 10.1. The van der Waals surface area contributed by atoms with Gasteiger partial charge in [0.2, 0.25) is 5.78 Å².